The molecule has 0 spiro atoms. The van der Waals surface area contributed by atoms with Gasteiger partial charge in [0.1, 0.15) is 0 Å². The Morgan fingerprint density at radius 2 is 2.40 bits per heavy atom. The van der Waals surface area contributed by atoms with E-state index in [1.807, 2.05) is 0 Å². The van der Waals surface area contributed by atoms with Gasteiger partial charge in [-0.25, -0.2) is 0 Å². The van der Waals surface area contributed by atoms with E-state index < -0.39 is 5.97 Å². The highest BCUT2D eigenvalue weighted by Gasteiger charge is 2.31. The van der Waals surface area contributed by atoms with E-state index in [0.717, 1.165) is 6.54 Å². The second-order valence-corrected chi connectivity index (χ2v) is 2.91. The normalized spacial score (nSPS) is 32.5. The van der Waals surface area contributed by atoms with Gasteiger partial charge in [-0.15, -0.1) is 0 Å². The van der Waals surface area contributed by atoms with Crippen LogP contribution in [0.15, 0.2) is 0 Å². The highest BCUT2D eigenvalue weighted by atomic mass is 32.1. The van der Waals surface area contributed by atoms with Crippen LogP contribution in [0.2, 0.25) is 0 Å². The molecule has 0 saturated carbocycles. The third kappa shape index (κ3) is 1.44. The second kappa shape index (κ2) is 3.25. The Balaban J connectivity index is 2.50. The van der Waals surface area contributed by atoms with Gasteiger partial charge in [-0.3, -0.25) is 4.79 Å². The summed E-state index contributed by atoms with van der Waals surface area (Å²) in [5, 5.41) is 11.7. The fourth-order valence-corrected chi connectivity index (χ4v) is 1.60. The predicted molar refractivity (Wildman–Crippen MR) is 41.3 cm³/mol. The van der Waals surface area contributed by atoms with Crippen LogP contribution in [-0.2, 0) is 4.79 Å². The van der Waals surface area contributed by atoms with E-state index in [2.05, 4.69) is 17.9 Å². The van der Waals surface area contributed by atoms with E-state index in [1.54, 1.807) is 0 Å². The van der Waals surface area contributed by atoms with Crippen molar-refractivity contribution in [3.8, 4) is 0 Å². The molecule has 0 bridgehead atoms. The molecule has 1 fully saturated rings. The molecule has 0 aromatic heterocycles. The number of carboxylic acids is 1. The monoisotopic (exact) mass is 161 g/mol. The summed E-state index contributed by atoms with van der Waals surface area (Å²) in [6.45, 7) is 1.39. The summed E-state index contributed by atoms with van der Waals surface area (Å²) < 4.78 is 0. The van der Waals surface area contributed by atoms with Crippen molar-refractivity contribution < 1.29 is 9.90 Å². The largest absolute Gasteiger partial charge is 0.481 e. The van der Waals surface area contributed by atoms with E-state index in [4.69, 9.17) is 5.11 Å². The SMILES string of the molecule is O=C(O)[C@@H]1CNC[C@H]1CS. The van der Waals surface area contributed by atoms with Crippen molar-refractivity contribution in [2.45, 2.75) is 0 Å². The number of thiol groups is 1. The standard InChI is InChI=1S/C6H11NO2S/c8-6(9)5-2-7-1-4(5)3-10/h4-5,7,10H,1-3H2,(H,8,9)/t4-,5+/m0/s1. The van der Waals surface area contributed by atoms with Gasteiger partial charge in [-0.2, -0.15) is 12.6 Å². The smallest absolute Gasteiger partial charge is 0.308 e. The molecular formula is C6H11NO2S. The average molecular weight is 161 g/mol. The van der Waals surface area contributed by atoms with Crippen molar-refractivity contribution in [1.29, 1.82) is 0 Å². The number of hydrogen-bond donors (Lipinski definition) is 3. The first kappa shape index (κ1) is 7.88. The Morgan fingerprint density at radius 1 is 1.70 bits per heavy atom. The van der Waals surface area contributed by atoms with E-state index in [0.29, 0.717) is 12.3 Å². The van der Waals surface area contributed by atoms with Crippen LogP contribution in [0.25, 0.3) is 0 Å². The molecule has 1 saturated heterocycles. The first-order valence-electron chi connectivity index (χ1n) is 3.30. The fraction of sp³-hybridized carbons (Fsp3) is 0.833. The molecule has 0 aromatic rings. The Kier molecular flexibility index (Phi) is 2.56. The van der Waals surface area contributed by atoms with Gasteiger partial charge in [0.05, 0.1) is 5.92 Å². The molecule has 3 nitrogen and oxygen atoms in total. The molecule has 58 valence electrons. The number of nitrogens with one attached hydrogen (secondary N) is 1. The number of hydrogen-bond acceptors (Lipinski definition) is 3. The summed E-state index contributed by atoms with van der Waals surface area (Å²) in [6.07, 6.45) is 0. The minimum absolute atomic E-state index is 0.209. The van der Waals surface area contributed by atoms with Crippen molar-refractivity contribution in [3.63, 3.8) is 0 Å². The average Bonchev–Trinajstić information content (AvgIpc) is 2.33. The Labute approximate surface area is 65.2 Å². The highest BCUT2D eigenvalue weighted by molar-refractivity contribution is 7.80. The lowest BCUT2D eigenvalue weighted by atomic mass is 9.98. The molecule has 1 heterocycles. The van der Waals surface area contributed by atoms with Crippen molar-refractivity contribution in [1.82, 2.24) is 5.32 Å². The van der Waals surface area contributed by atoms with Crippen molar-refractivity contribution >= 4 is 18.6 Å². The van der Waals surface area contributed by atoms with Gasteiger partial charge in [0.15, 0.2) is 0 Å². The van der Waals surface area contributed by atoms with Crippen LogP contribution in [0.5, 0.6) is 0 Å². The van der Waals surface area contributed by atoms with Crippen molar-refractivity contribution in [2.24, 2.45) is 11.8 Å². The van der Waals surface area contributed by atoms with E-state index in [9.17, 15) is 4.79 Å². The lowest BCUT2D eigenvalue weighted by molar-refractivity contribution is -0.142. The molecule has 4 heteroatoms. The molecule has 0 aliphatic carbocycles. The Bertz CT molecular complexity index is 140. The van der Waals surface area contributed by atoms with E-state index in [1.165, 1.54) is 0 Å². The summed E-state index contributed by atoms with van der Waals surface area (Å²) in [7, 11) is 0. The third-order valence-corrected chi connectivity index (χ3v) is 2.36. The van der Waals surface area contributed by atoms with Crippen molar-refractivity contribution in [3.05, 3.63) is 0 Å². The van der Waals surface area contributed by atoms with Crippen LogP contribution in [0.1, 0.15) is 0 Å². The molecule has 10 heavy (non-hydrogen) atoms. The van der Waals surface area contributed by atoms with Crippen LogP contribution in [0, 0.1) is 11.8 Å². The van der Waals surface area contributed by atoms with Gasteiger partial charge in [0, 0.05) is 6.54 Å². The quantitative estimate of drug-likeness (QED) is 0.493. The van der Waals surface area contributed by atoms with Gasteiger partial charge in [-0.05, 0) is 18.2 Å². The van der Waals surface area contributed by atoms with Crippen LogP contribution < -0.4 is 5.32 Å². The topological polar surface area (TPSA) is 49.3 Å². The molecule has 0 aromatic carbocycles. The van der Waals surface area contributed by atoms with Crippen LogP contribution in [0.3, 0.4) is 0 Å². The molecular weight excluding hydrogens is 150 g/mol. The summed E-state index contributed by atoms with van der Waals surface area (Å²) >= 11 is 4.07. The zero-order chi connectivity index (χ0) is 7.56. The van der Waals surface area contributed by atoms with Crippen molar-refractivity contribution in [2.75, 3.05) is 18.8 Å². The van der Waals surface area contributed by atoms with Gasteiger partial charge in [-0.1, -0.05) is 0 Å². The maximum Gasteiger partial charge on any atom is 0.308 e. The fourth-order valence-electron chi connectivity index (χ4n) is 1.21. The molecule has 0 radical (unpaired) electrons. The minimum atomic E-state index is -0.705. The molecule has 0 amide bonds. The maximum atomic E-state index is 10.5. The zero-order valence-electron chi connectivity index (χ0n) is 5.58. The zero-order valence-corrected chi connectivity index (χ0v) is 6.47. The number of rotatable bonds is 2. The van der Waals surface area contributed by atoms with Gasteiger partial charge >= 0.3 is 5.97 Å². The number of carboxylic acid groups (broad SMARTS) is 1. The van der Waals surface area contributed by atoms with Gasteiger partial charge < -0.3 is 10.4 Å². The lowest BCUT2D eigenvalue weighted by Crippen LogP contribution is -2.23. The van der Waals surface area contributed by atoms with Crippen LogP contribution in [0.4, 0.5) is 0 Å². The molecule has 2 N–H and O–H groups in total. The molecule has 1 rings (SSSR count). The maximum absolute atomic E-state index is 10.5. The summed E-state index contributed by atoms with van der Waals surface area (Å²) in [6, 6.07) is 0. The van der Waals surface area contributed by atoms with Crippen LogP contribution >= 0.6 is 12.6 Å². The first-order chi connectivity index (χ1) is 4.75. The molecule has 0 unspecified atom stereocenters. The Hall–Kier alpha value is -0.220. The Morgan fingerprint density at radius 3 is 2.80 bits per heavy atom. The summed E-state index contributed by atoms with van der Waals surface area (Å²) in [5.74, 6) is -0.0633. The summed E-state index contributed by atoms with van der Waals surface area (Å²) in [5.41, 5.74) is 0. The highest BCUT2D eigenvalue weighted by Crippen LogP contribution is 2.17. The molecule has 1 aliphatic heterocycles. The molecule has 1 aliphatic rings. The third-order valence-electron chi connectivity index (χ3n) is 1.89. The van der Waals surface area contributed by atoms with E-state index in [-0.39, 0.29) is 11.8 Å². The van der Waals surface area contributed by atoms with Gasteiger partial charge in [0.25, 0.3) is 0 Å². The van der Waals surface area contributed by atoms with Crippen LogP contribution in [-0.4, -0.2) is 29.9 Å². The lowest BCUT2D eigenvalue weighted by Gasteiger charge is -2.09. The number of carbonyl (C=O) groups is 1. The minimum Gasteiger partial charge on any atom is -0.481 e. The van der Waals surface area contributed by atoms with Gasteiger partial charge in [0.2, 0.25) is 0 Å². The first-order valence-corrected chi connectivity index (χ1v) is 3.93. The predicted octanol–water partition coefficient (Wildman–Crippen LogP) is -0.164. The van der Waals surface area contributed by atoms with E-state index >= 15 is 0 Å². The number of aliphatic carboxylic acids is 1. The second-order valence-electron chi connectivity index (χ2n) is 2.55. The molecule has 2 atom stereocenters. The summed E-state index contributed by atoms with van der Waals surface area (Å²) in [4.78, 5) is 10.5.